The molecular formula is C45H68N6O10. The molecule has 0 heterocycles. The number of benzene rings is 3. The van der Waals surface area contributed by atoms with Gasteiger partial charge in [0.25, 0.3) is 0 Å². The monoisotopic (exact) mass is 852 g/mol. The highest BCUT2D eigenvalue weighted by atomic mass is 16.6. The molecule has 0 radical (unpaired) electrons. The summed E-state index contributed by atoms with van der Waals surface area (Å²) in [6, 6.07) is 21.0. The Kier molecular flexibility index (Phi) is 27.3. The number of nitrogens with two attached hydrogens (primary N) is 1. The van der Waals surface area contributed by atoms with Crippen LogP contribution in [0.15, 0.2) is 66.7 Å². The number of anilines is 2. The first-order chi connectivity index (χ1) is 29.6. The van der Waals surface area contributed by atoms with Gasteiger partial charge in [0, 0.05) is 57.2 Å². The number of nitrogen functional groups attached to an aromatic ring is 1. The number of carboxylic acid groups (broad SMARTS) is 1. The maximum atomic E-state index is 12.3. The van der Waals surface area contributed by atoms with Crippen molar-refractivity contribution < 1.29 is 48.0 Å². The van der Waals surface area contributed by atoms with E-state index in [4.69, 9.17) is 34.5 Å². The Hall–Kier alpha value is -4.94. The highest BCUT2D eigenvalue weighted by molar-refractivity contribution is 5.91. The average molecular weight is 853 g/mol. The van der Waals surface area contributed by atoms with Gasteiger partial charge in [-0.15, -0.1) is 0 Å². The van der Waals surface area contributed by atoms with Gasteiger partial charge < -0.3 is 50.1 Å². The van der Waals surface area contributed by atoms with Crippen LogP contribution in [0, 0.1) is 0 Å². The summed E-state index contributed by atoms with van der Waals surface area (Å²) in [5.74, 6) is -0.895. The van der Waals surface area contributed by atoms with E-state index < -0.39 is 12.1 Å². The van der Waals surface area contributed by atoms with E-state index >= 15 is 0 Å². The molecule has 0 saturated heterocycles. The highest BCUT2D eigenvalue weighted by Crippen LogP contribution is 2.44. The van der Waals surface area contributed by atoms with Crippen LogP contribution in [0.3, 0.4) is 0 Å². The number of nitrogens with zero attached hydrogens (tertiary/aromatic N) is 2. The second-order valence-electron chi connectivity index (χ2n) is 13.9. The third kappa shape index (κ3) is 21.4. The third-order valence-corrected chi connectivity index (χ3v) is 9.14. The quantitative estimate of drug-likeness (QED) is 0.0386. The standard InChI is InChI=1S/C22H18N2O3.C21H44N4O7.C2H6/c23-20-10-9-14(12-25)11-21(20)24-22(26)27-13-19-17-7-3-1-5-15(17)16-6-2-4-8-18(16)19;1-22-6-8-25(11-10-24(2)3)9-7-23-20(26)4-12-29-14-16-31-18-19-32-17-15-30-13-5-21(27)28;1-2/h1-12,19H,13,23H2,(H,24,26);22H,4-19H2,1-3H3,(H,23,26)(H,27,28);1-2H3. The van der Waals surface area contributed by atoms with E-state index in [0.717, 1.165) is 43.9 Å². The molecule has 0 aliphatic heterocycles. The molecule has 0 atom stereocenters. The zero-order valence-electron chi connectivity index (χ0n) is 36.6. The first-order valence-electron chi connectivity index (χ1n) is 20.9. The lowest BCUT2D eigenvalue weighted by molar-refractivity contribution is -0.138. The van der Waals surface area contributed by atoms with Gasteiger partial charge in [-0.1, -0.05) is 62.4 Å². The number of rotatable bonds is 28. The predicted molar refractivity (Wildman–Crippen MR) is 238 cm³/mol. The summed E-state index contributed by atoms with van der Waals surface area (Å²) in [6.07, 6.45) is 0.422. The second-order valence-corrected chi connectivity index (χ2v) is 13.9. The number of hydrogen-bond acceptors (Lipinski definition) is 13. The number of amides is 2. The molecule has 0 spiro atoms. The van der Waals surface area contributed by atoms with Gasteiger partial charge in [0.1, 0.15) is 12.9 Å². The number of ether oxygens (including phenoxy) is 5. The molecule has 338 valence electrons. The molecule has 4 rings (SSSR count). The Morgan fingerprint density at radius 3 is 1.82 bits per heavy atom. The molecule has 1 aliphatic rings. The largest absolute Gasteiger partial charge is 0.481 e. The van der Waals surface area contributed by atoms with Crippen LogP contribution >= 0.6 is 0 Å². The second kappa shape index (κ2) is 31.9. The van der Waals surface area contributed by atoms with Crippen LogP contribution in [-0.2, 0) is 33.3 Å². The SMILES string of the molecule is CC.CNCCN(CCNC(=O)CCOCCOCCOCCOCCC(=O)O)CCN(C)C.Nc1ccc(C=O)cc1NC(=O)OCC1c2ccccc2-c2ccccc21. The fraction of sp³-hybridized carbons (Fsp3) is 0.511. The number of carbonyl (C=O) groups is 4. The molecule has 2 amide bonds. The summed E-state index contributed by atoms with van der Waals surface area (Å²) in [5, 5.41) is 17.2. The van der Waals surface area contributed by atoms with Crippen molar-refractivity contribution in [2.45, 2.75) is 32.6 Å². The normalized spacial score (nSPS) is 11.5. The van der Waals surface area contributed by atoms with Crippen molar-refractivity contribution >= 4 is 35.6 Å². The Bertz CT molecular complexity index is 1670. The number of carboxylic acids is 1. The average Bonchev–Trinajstić information content (AvgIpc) is 3.58. The minimum atomic E-state index is -0.875. The summed E-state index contributed by atoms with van der Waals surface area (Å²) in [7, 11) is 6.06. The molecule has 3 aromatic rings. The zero-order chi connectivity index (χ0) is 44.7. The molecule has 0 aromatic heterocycles. The van der Waals surface area contributed by atoms with Crippen molar-refractivity contribution in [2.75, 3.05) is 131 Å². The van der Waals surface area contributed by atoms with Crippen molar-refractivity contribution in [3.8, 4) is 11.1 Å². The first kappa shape index (κ1) is 52.2. The van der Waals surface area contributed by atoms with Crippen LogP contribution in [0.25, 0.3) is 11.1 Å². The predicted octanol–water partition coefficient (Wildman–Crippen LogP) is 4.59. The third-order valence-electron chi connectivity index (χ3n) is 9.14. The molecule has 61 heavy (non-hydrogen) atoms. The van der Waals surface area contributed by atoms with E-state index in [0.29, 0.717) is 82.4 Å². The van der Waals surface area contributed by atoms with Crippen LogP contribution in [0.1, 0.15) is 54.1 Å². The molecule has 0 fully saturated rings. The van der Waals surface area contributed by atoms with Crippen molar-refractivity contribution in [3.05, 3.63) is 83.4 Å². The minimum absolute atomic E-state index is 0.00259. The van der Waals surface area contributed by atoms with E-state index in [1.54, 1.807) is 12.1 Å². The Morgan fingerprint density at radius 2 is 1.28 bits per heavy atom. The van der Waals surface area contributed by atoms with Gasteiger partial charge in [-0.05, 0) is 61.6 Å². The fourth-order valence-electron chi connectivity index (χ4n) is 5.97. The lowest BCUT2D eigenvalue weighted by Gasteiger charge is -2.24. The fourth-order valence-corrected chi connectivity index (χ4v) is 5.97. The zero-order valence-corrected chi connectivity index (χ0v) is 36.6. The van der Waals surface area contributed by atoms with Gasteiger partial charge in [0.15, 0.2) is 0 Å². The maximum absolute atomic E-state index is 12.3. The number of fused-ring (bicyclic) bond motifs is 3. The molecule has 0 saturated carbocycles. The number of nitrogens with one attached hydrogen (secondary N) is 3. The molecule has 16 nitrogen and oxygen atoms in total. The Balaban J connectivity index is 0.000000407. The van der Waals surface area contributed by atoms with E-state index in [2.05, 4.69) is 64.1 Å². The van der Waals surface area contributed by atoms with E-state index in [1.165, 1.54) is 17.2 Å². The number of carbonyl (C=O) groups excluding carboxylic acids is 3. The molecule has 1 aliphatic carbocycles. The lowest BCUT2D eigenvalue weighted by Crippen LogP contribution is -2.41. The minimum Gasteiger partial charge on any atom is -0.481 e. The van der Waals surface area contributed by atoms with Crippen LogP contribution in [0.5, 0.6) is 0 Å². The first-order valence-corrected chi connectivity index (χ1v) is 20.9. The van der Waals surface area contributed by atoms with E-state index in [-0.39, 0.29) is 31.5 Å². The molecule has 0 bridgehead atoms. The summed E-state index contributed by atoms with van der Waals surface area (Å²) in [4.78, 5) is 49.9. The van der Waals surface area contributed by atoms with Crippen molar-refractivity contribution in [1.29, 1.82) is 0 Å². The van der Waals surface area contributed by atoms with Gasteiger partial charge >= 0.3 is 12.1 Å². The van der Waals surface area contributed by atoms with Crippen molar-refractivity contribution in [3.63, 3.8) is 0 Å². The summed E-state index contributed by atoms with van der Waals surface area (Å²) < 4.78 is 26.7. The smallest absolute Gasteiger partial charge is 0.411 e. The summed E-state index contributed by atoms with van der Waals surface area (Å²) >= 11 is 0. The topological polar surface area (TPSA) is 203 Å². The van der Waals surface area contributed by atoms with Gasteiger partial charge in [-0.2, -0.15) is 0 Å². The highest BCUT2D eigenvalue weighted by Gasteiger charge is 2.29. The van der Waals surface area contributed by atoms with Crippen LogP contribution in [-0.4, -0.2) is 159 Å². The Morgan fingerprint density at radius 1 is 0.738 bits per heavy atom. The van der Waals surface area contributed by atoms with Gasteiger partial charge in [0.05, 0.1) is 70.7 Å². The summed E-state index contributed by atoms with van der Waals surface area (Å²) in [6.45, 7) is 12.6. The Labute approximate surface area is 361 Å². The molecule has 3 aromatic carbocycles. The lowest BCUT2D eigenvalue weighted by atomic mass is 9.98. The van der Waals surface area contributed by atoms with Crippen molar-refractivity contribution in [1.82, 2.24) is 20.4 Å². The van der Waals surface area contributed by atoms with E-state index in [9.17, 15) is 19.2 Å². The van der Waals surface area contributed by atoms with Crippen LogP contribution in [0.2, 0.25) is 0 Å². The van der Waals surface area contributed by atoms with E-state index in [1.807, 2.05) is 45.2 Å². The molecule has 0 unspecified atom stereocenters. The number of hydrogen-bond donors (Lipinski definition) is 5. The van der Waals surface area contributed by atoms with Gasteiger partial charge in [0.2, 0.25) is 5.91 Å². The van der Waals surface area contributed by atoms with Gasteiger partial charge in [-0.3, -0.25) is 24.6 Å². The maximum Gasteiger partial charge on any atom is 0.411 e. The van der Waals surface area contributed by atoms with Gasteiger partial charge in [-0.25, -0.2) is 4.79 Å². The molecule has 16 heteroatoms. The number of aldehydes is 1. The molecule has 6 N–H and O–H groups in total. The number of aliphatic carboxylic acids is 1. The van der Waals surface area contributed by atoms with Crippen molar-refractivity contribution in [2.24, 2.45) is 0 Å². The molecular weight excluding hydrogens is 785 g/mol. The van der Waals surface area contributed by atoms with Crippen LogP contribution < -0.4 is 21.7 Å². The number of likely N-dealkylation sites (N-methyl/N-ethyl adjacent to an activating group) is 2. The van der Waals surface area contributed by atoms with Crippen LogP contribution in [0.4, 0.5) is 16.2 Å². The summed E-state index contributed by atoms with van der Waals surface area (Å²) in [5.41, 5.74) is 11.6.